The summed E-state index contributed by atoms with van der Waals surface area (Å²) in [4.78, 5) is 10.9. The highest BCUT2D eigenvalue weighted by atomic mass is 16.3. The van der Waals surface area contributed by atoms with Gasteiger partial charge in [-0.25, -0.2) is 0 Å². The minimum atomic E-state index is -0.0898. The Hall–Kier alpha value is -1.05. The Morgan fingerprint density at radius 1 is 1.36 bits per heavy atom. The number of hydrogen-bond donors (Lipinski definition) is 1. The van der Waals surface area contributed by atoms with Crippen molar-refractivity contribution >= 4 is 5.78 Å². The van der Waals surface area contributed by atoms with E-state index in [1.54, 1.807) is 0 Å². The third kappa shape index (κ3) is 3.61. The zero-order valence-electron chi connectivity index (χ0n) is 7.27. The summed E-state index contributed by atoms with van der Waals surface area (Å²) in [6.45, 7) is 8.44. The van der Waals surface area contributed by atoms with Crippen LogP contribution in [0.4, 0.5) is 0 Å². The number of rotatable bonds is 3. The summed E-state index contributed by atoms with van der Waals surface area (Å²) in [5.74, 6) is 0.00787. The Labute approximate surface area is 67.2 Å². The lowest BCUT2D eigenvalue weighted by atomic mass is 10.0. The molecule has 0 unspecified atom stereocenters. The van der Waals surface area contributed by atoms with Gasteiger partial charge in [0.2, 0.25) is 0 Å². The van der Waals surface area contributed by atoms with Gasteiger partial charge < -0.3 is 5.11 Å². The molecule has 0 saturated heterocycles. The van der Waals surface area contributed by atoms with Gasteiger partial charge in [0.25, 0.3) is 0 Å². The largest absolute Gasteiger partial charge is 0.512 e. The lowest BCUT2D eigenvalue weighted by Crippen LogP contribution is -2.00. The predicted molar refractivity (Wildman–Crippen MR) is 45.4 cm³/mol. The molecule has 0 atom stereocenters. The van der Waals surface area contributed by atoms with Gasteiger partial charge in [-0.15, -0.1) is 0 Å². The van der Waals surface area contributed by atoms with Crippen molar-refractivity contribution in [3.05, 3.63) is 23.5 Å². The average Bonchev–Trinajstić information content (AvgIpc) is 1.81. The first-order valence-electron chi connectivity index (χ1n) is 3.49. The minimum absolute atomic E-state index is 0.0898. The molecule has 0 fully saturated rings. The molecule has 0 saturated carbocycles. The maximum absolute atomic E-state index is 10.9. The molecule has 0 rings (SSSR count). The lowest BCUT2D eigenvalue weighted by molar-refractivity contribution is -0.113. The van der Waals surface area contributed by atoms with Crippen LogP contribution in [0.3, 0.4) is 0 Å². The van der Waals surface area contributed by atoms with Crippen molar-refractivity contribution in [3.8, 4) is 0 Å². The Kier molecular flexibility index (Phi) is 3.58. The fraction of sp³-hybridized carbons (Fsp3) is 0.444. The van der Waals surface area contributed by atoms with Gasteiger partial charge in [0.15, 0.2) is 5.78 Å². The second-order valence-corrected chi connectivity index (χ2v) is 2.75. The summed E-state index contributed by atoms with van der Waals surface area (Å²) in [6, 6.07) is 0. The van der Waals surface area contributed by atoms with E-state index in [1.807, 2.05) is 6.92 Å². The van der Waals surface area contributed by atoms with E-state index in [0.29, 0.717) is 12.0 Å². The van der Waals surface area contributed by atoms with Crippen molar-refractivity contribution in [2.45, 2.75) is 27.2 Å². The molecule has 0 amide bonds. The highest BCUT2D eigenvalue weighted by molar-refractivity contribution is 5.93. The van der Waals surface area contributed by atoms with Gasteiger partial charge in [-0.1, -0.05) is 12.2 Å². The minimum Gasteiger partial charge on any atom is -0.512 e. The summed E-state index contributed by atoms with van der Waals surface area (Å²) < 4.78 is 0. The summed E-state index contributed by atoms with van der Waals surface area (Å²) in [5.41, 5.74) is 1.33. The summed E-state index contributed by atoms with van der Waals surface area (Å²) in [7, 11) is 0. The molecular weight excluding hydrogens is 140 g/mol. The van der Waals surface area contributed by atoms with Gasteiger partial charge in [0.1, 0.15) is 0 Å². The Balaban J connectivity index is 4.52. The molecule has 0 spiro atoms. The quantitative estimate of drug-likeness (QED) is 0.385. The molecule has 0 aromatic carbocycles. The van der Waals surface area contributed by atoms with E-state index in [2.05, 4.69) is 6.58 Å². The topological polar surface area (TPSA) is 37.3 Å². The Bertz CT molecular complexity index is 208. The zero-order chi connectivity index (χ0) is 9.02. The normalized spacial score (nSPS) is 12.3. The van der Waals surface area contributed by atoms with Crippen LogP contribution in [0.1, 0.15) is 27.2 Å². The van der Waals surface area contributed by atoms with Gasteiger partial charge in [0, 0.05) is 5.57 Å². The molecule has 62 valence electrons. The molecule has 0 aliphatic carbocycles. The van der Waals surface area contributed by atoms with Crippen LogP contribution >= 0.6 is 0 Å². The molecule has 0 aliphatic rings. The highest BCUT2D eigenvalue weighted by Crippen LogP contribution is 2.12. The van der Waals surface area contributed by atoms with Crippen molar-refractivity contribution in [2.24, 2.45) is 0 Å². The van der Waals surface area contributed by atoms with Gasteiger partial charge >= 0.3 is 0 Å². The molecule has 2 nitrogen and oxygen atoms in total. The third-order valence-electron chi connectivity index (χ3n) is 1.34. The van der Waals surface area contributed by atoms with E-state index < -0.39 is 0 Å². The molecule has 0 aliphatic heterocycles. The lowest BCUT2D eigenvalue weighted by Gasteiger charge is -2.03. The van der Waals surface area contributed by atoms with Crippen molar-refractivity contribution in [1.29, 1.82) is 0 Å². The van der Waals surface area contributed by atoms with Gasteiger partial charge in [-0.3, -0.25) is 4.79 Å². The van der Waals surface area contributed by atoms with Gasteiger partial charge in [0.05, 0.1) is 5.76 Å². The highest BCUT2D eigenvalue weighted by Gasteiger charge is 2.07. The predicted octanol–water partition coefficient (Wildman–Crippen LogP) is 2.37. The summed E-state index contributed by atoms with van der Waals surface area (Å²) in [5, 5.41) is 9.05. The number of aliphatic hydroxyl groups is 1. The van der Waals surface area contributed by atoms with Crippen LogP contribution in [0.25, 0.3) is 0 Å². The molecule has 0 aromatic heterocycles. The number of ketones is 1. The van der Waals surface area contributed by atoms with Gasteiger partial charge in [-0.2, -0.15) is 0 Å². The second kappa shape index (κ2) is 3.96. The van der Waals surface area contributed by atoms with E-state index in [0.717, 1.165) is 5.57 Å². The molecule has 0 radical (unpaired) electrons. The van der Waals surface area contributed by atoms with E-state index in [4.69, 9.17) is 5.11 Å². The third-order valence-corrected chi connectivity index (χ3v) is 1.34. The van der Waals surface area contributed by atoms with E-state index >= 15 is 0 Å². The summed E-state index contributed by atoms with van der Waals surface area (Å²) in [6.07, 6.45) is 0.470. The molecule has 2 heteroatoms. The fourth-order valence-electron chi connectivity index (χ4n) is 0.809. The van der Waals surface area contributed by atoms with Crippen LogP contribution in [-0.4, -0.2) is 10.9 Å². The molecular formula is C9H14O2. The van der Waals surface area contributed by atoms with Crippen LogP contribution in [0.5, 0.6) is 0 Å². The maximum atomic E-state index is 10.9. The van der Waals surface area contributed by atoms with Crippen molar-refractivity contribution in [1.82, 2.24) is 0 Å². The first-order chi connectivity index (χ1) is 4.95. The SMILES string of the molecule is C=C(C)C/C(C(C)=O)=C(/C)O. The number of hydrogen-bond acceptors (Lipinski definition) is 2. The van der Waals surface area contributed by atoms with Crippen LogP contribution in [0.2, 0.25) is 0 Å². The number of aliphatic hydroxyl groups excluding tert-OH is 1. The maximum Gasteiger partial charge on any atom is 0.159 e. The van der Waals surface area contributed by atoms with Gasteiger partial charge in [-0.05, 0) is 27.2 Å². The monoisotopic (exact) mass is 154 g/mol. The molecule has 0 bridgehead atoms. The average molecular weight is 154 g/mol. The zero-order valence-corrected chi connectivity index (χ0v) is 7.27. The molecule has 0 heterocycles. The smallest absolute Gasteiger partial charge is 0.159 e. The second-order valence-electron chi connectivity index (χ2n) is 2.75. The Morgan fingerprint density at radius 3 is 1.91 bits per heavy atom. The van der Waals surface area contributed by atoms with Crippen molar-refractivity contribution < 1.29 is 9.90 Å². The van der Waals surface area contributed by atoms with E-state index in [1.165, 1.54) is 13.8 Å². The van der Waals surface area contributed by atoms with E-state index in [9.17, 15) is 4.79 Å². The number of allylic oxidation sites excluding steroid dienone is 3. The molecule has 11 heavy (non-hydrogen) atoms. The van der Waals surface area contributed by atoms with Crippen LogP contribution in [0, 0.1) is 0 Å². The molecule has 0 aromatic rings. The standard InChI is InChI=1S/C9H14O2/c1-6(2)5-9(7(3)10)8(4)11/h10H,1,5H2,2-4H3/b9-7+. The van der Waals surface area contributed by atoms with E-state index in [-0.39, 0.29) is 11.5 Å². The first kappa shape index (κ1) is 9.95. The molecule has 1 N–H and O–H groups in total. The number of Topliss-reactive ketones (excluding diaryl/α,β-unsaturated/α-hetero) is 1. The van der Waals surface area contributed by atoms with Crippen molar-refractivity contribution in [2.75, 3.05) is 0 Å². The van der Waals surface area contributed by atoms with Crippen LogP contribution in [-0.2, 0) is 4.79 Å². The van der Waals surface area contributed by atoms with Crippen LogP contribution in [0.15, 0.2) is 23.5 Å². The fourth-order valence-corrected chi connectivity index (χ4v) is 0.809. The Morgan fingerprint density at radius 2 is 1.82 bits per heavy atom. The summed E-state index contributed by atoms with van der Waals surface area (Å²) >= 11 is 0. The first-order valence-corrected chi connectivity index (χ1v) is 3.49. The number of carbonyl (C=O) groups excluding carboxylic acids is 1. The van der Waals surface area contributed by atoms with Crippen molar-refractivity contribution in [3.63, 3.8) is 0 Å². The number of carbonyl (C=O) groups is 1. The van der Waals surface area contributed by atoms with Crippen LogP contribution < -0.4 is 0 Å².